The van der Waals surface area contributed by atoms with Crippen LogP contribution in [0.4, 0.5) is 0 Å². The molecule has 0 fully saturated rings. The summed E-state index contributed by atoms with van der Waals surface area (Å²) in [7, 11) is 0. The first-order valence-corrected chi connectivity index (χ1v) is 29.6. The van der Waals surface area contributed by atoms with Gasteiger partial charge in [0.15, 0.2) is 6.10 Å². The van der Waals surface area contributed by atoms with Crippen molar-refractivity contribution in [2.24, 2.45) is 0 Å². The van der Waals surface area contributed by atoms with Gasteiger partial charge in [-0.1, -0.05) is 242 Å². The van der Waals surface area contributed by atoms with Crippen molar-refractivity contribution >= 4 is 17.9 Å². The minimum atomic E-state index is -0.831. The molecule has 6 nitrogen and oxygen atoms in total. The summed E-state index contributed by atoms with van der Waals surface area (Å²) in [5, 5.41) is 0. The average Bonchev–Trinajstić information content (AvgIpc) is 3.41. The van der Waals surface area contributed by atoms with E-state index in [9.17, 15) is 14.4 Å². The molecular weight excluding hydrogens is 925 g/mol. The zero-order chi connectivity index (χ0) is 54.3. The van der Waals surface area contributed by atoms with Gasteiger partial charge in [-0.15, -0.1) is 0 Å². The van der Waals surface area contributed by atoms with Crippen molar-refractivity contribution < 1.29 is 28.6 Å². The number of ether oxygens (including phenoxy) is 3. The Morgan fingerprint density at radius 3 is 0.827 bits per heavy atom. The highest BCUT2D eigenvalue weighted by atomic mass is 16.6. The number of carbonyl (C=O) groups excluding carboxylic acids is 3. The van der Waals surface area contributed by atoms with E-state index in [0.29, 0.717) is 12.8 Å². The van der Waals surface area contributed by atoms with Gasteiger partial charge in [-0.3, -0.25) is 14.4 Å². The van der Waals surface area contributed by atoms with E-state index in [1.807, 2.05) is 12.2 Å². The molecule has 0 bridgehead atoms. The summed E-state index contributed by atoms with van der Waals surface area (Å²) in [5.41, 5.74) is 0. The van der Waals surface area contributed by atoms with E-state index in [4.69, 9.17) is 14.2 Å². The van der Waals surface area contributed by atoms with Gasteiger partial charge in [0.25, 0.3) is 0 Å². The topological polar surface area (TPSA) is 78.9 Å². The summed E-state index contributed by atoms with van der Waals surface area (Å²) in [4.78, 5) is 38.2. The van der Waals surface area contributed by atoms with Crippen LogP contribution in [0.25, 0.3) is 0 Å². The number of allylic oxidation sites excluding steroid dienone is 28. The third-order valence-electron chi connectivity index (χ3n) is 11.7. The maximum atomic E-state index is 12.9. The molecule has 0 aliphatic rings. The largest absolute Gasteiger partial charge is 0.462 e. The van der Waals surface area contributed by atoms with Crippen LogP contribution < -0.4 is 0 Å². The van der Waals surface area contributed by atoms with E-state index >= 15 is 0 Å². The smallest absolute Gasteiger partial charge is 0.306 e. The first-order chi connectivity index (χ1) is 37.0. The van der Waals surface area contributed by atoms with Gasteiger partial charge < -0.3 is 14.2 Å². The third kappa shape index (κ3) is 59.5. The van der Waals surface area contributed by atoms with E-state index in [1.54, 1.807) is 0 Å². The van der Waals surface area contributed by atoms with Crippen LogP contribution in [0.1, 0.15) is 226 Å². The average molecular weight is 1030 g/mol. The van der Waals surface area contributed by atoms with Crippen LogP contribution in [0.2, 0.25) is 0 Å². The fourth-order valence-corrected chi connectivity index (χ4v) is 7.39. The van der Waals surface area contributed by atoms with Gasteiger partial charge in [-0.05, 0) is 135 Å². The maximum absolute atomic E-state index is 12.9. The number of esters is 3. The fourth-order valence-electron chi connectivity index (χ4n) is 7.39. The molecule has 0 aliphatic carbocycles. The zero-order valence-electron chi connectivity index (χ0n) is 47.7. The quantitative estimate of drug-likeness (QED) is 0.0261. The van der Waals surface area contributed by atoms with Crippen LogP contribution in [-0.2, 0) is 28.6 Å². The maximum Gasteiger partial charge on any atom is 0.306 e. The first-order valence-electron chi connectivity index (χ1n) is 29.6. The molecule has 75 heavy (non-hydrogen) atoms. The molecular formula is C69H106O6. The number of hydrogen-bond donors (Lipinski definition) is 0. The van der Waals surface area contributed by atoms with Crippen molar-refractivity contribution in [2.45, 2.75) is 232 Å². The van der Waals surface area contributed by atoms with Crippen LogP contribution >= 0.6 is 0 Å². The van der Waals surface area contributed by atoms with Crippen molar-refractivity contribution in [3.63, 3.8) is 0 Å². The van der Waals surface area contributed by atoms with Crippen molar-refractivity contribution in [2.75, 3.05) is 13.2 Å². The second-order valence-corrected chi connectivity index (χ2v) is 18.8. The molecule has 0 heterocycles. The number of carbonyl (C=O) groups is 3. The Labute approximate surface area is 460 Å². The molecule has 1 atom stereocenters. The minimum absolute atomic E-state index is 0.122. The van der Waals surface area contributed by atoms with E-state index < -0.39 is 6.10 Å². The van der Waals surface area contributed by atoms with Gasteiger partial charge in [0.2, 0.25) is 0 Å². The van der Waals surface area contributed by atoms with E-state index in [1.165, 1.54) is 25.7 Å². The molecule has 0 N–H and O–H groups in total. The van der Waals surface area contributed by atoms with Crippen LogP contribution in [0.15, 0.2) is 170 Å². The Morgan fingerprint density at radius 1 is 0.267 bits per heavy atom. The molecule has 0 saturated heterocycles. The van der Waals surface area contributed by atoms with Gasteiger partial charge in [-0.2, -0.15) is 0 Å². The lowest BCUT2D eigenvalue weighted by Crippen LogP contribution is -2.30. The van der Waals surface area contributed by atoms with Gasteiger partial charge in [-0.25, -0.2) is 0 Å². The first kappa shape index (κ1) is 69.8. The van der Waals surface area contributed by atoms with Crippen molar-refractivity contribution in [3.05, 3.63) is 170 Å². The molecule has 0 aromatic carbocycles. The standard InChI is InChI=1S/C69H106O6/c1-4-7-10-13-16-19-22-25-27-29-31-32-33-34-35-36-38-39-41-44-47-50-53-56-59-62-68(71)74-65-66(64-73-67(70)61-58-55-52-49-46-43-24-21-18-15-12-9-6-3)75-69(72)63-60-57-54-51-48-45-42-40-37-30-28-26-23-20-17-14-11-8-5-2/h7-12,16-21,25-28,31-32,34-35,37-40,43,46,52,55,66H,4-6,13-15,22-24,29-30,33,36,41-42,44-45,47-51,53-54,56-65H2,1-3H3/b10-7-,11-8-,12-9-,19-16-,20-17-,21-18-,27-25-,28-26-,32-31-,35-34-,39-38-,40-37-,46-43-,55-52-. The summed E-state index contributed by atoms with van der Waals surface area (Å²) in [6.07, 6.45) is 90.7. The molecule has 0 saturated carbocycles. The van der Waals surface area contributed by atoms with Crippen LogP contribution in [-0.4, -0.2) is 37.2 Å². The Hall–Kier alpha value is -5.23. The molecule has 0 spiro atoms. The van der Waals surface area contributed by atoms with Gasteiger partial charge in [0.1, 0.15) is 13.2 Å². The lowest BCUT2D eigenvalue weighted by atomic mass is 10.1. The predicted molar refractivity (Wildman–Crippen MR) is 325 cm³/mol. The lowest BCUT2D eigenvalue weighted by Gasteiger charge is -2.18. The predicted octanol–water partition coefficient (Wildman–Crippen LogP) is 20.3. The van der Waals surface area contributed by atoms with Gasteiger partial charge >= 0.3 is 17.9 Å². The number of hydrogen-bond acceptors (Lipinski definition) is 6. The van der Waals surface area contributed by atoms with Crippen molar-refractivity contribution in [1.82, 2.24) is 0 Å². The Kier molecular flexibility index (Phi) is 57.0. The molecule has 0 amide bonds. The highest BCUT2D eigenvalue weighted by molar-refractivity contribution is 5.71. The Balaban J connectivity index is 4.49. The SMILES string of the molecule is CC/C=C\C/C=C\C/C=C\C/C=C\C/C=C\C/C=C\CCCCCCCCC(=O)OCC(COC(=O)CC/C=C\C/C=C\C/C=C\C/C=C\CC)OC(=O)CCCCCCCC/C=C\C/C=C\C/C=C\C/C=C\CC. The summed E-state index contributed by atoms with van der Waals surface area (Å²) >= 11 is 0. The molecule has 418 valence electrons. The molecule has 0 aliphatic heterocycles. The molecule has 6 heteroatoms. The van der Waals surface area contributed by atoms with Crippen LogP contribution in [0.5, 0.6) is 0 Å². The van der Waals surface area contributed by atoms with E-state index in [0.717, 1.165) is 154 Å². The Morgan fingerprint density at radius 2 is 0.507 bits per heavy atom. The van der Waals surface area contributed by atoms with Crippen LogP contribution in [0.3, 0.4) is 0 Å². The molecule has 0 rings (SSSR count). The number of unbranched alkanes of at least 4 members (excludes halogenated alkanes) is 12. The number of rotatable bonds is 51. The lowest BCUT2D eigenvalue weighted by molar-refractivity contribution is -0.166. The molecule has 0 radical (unpaired) electrons. The fraction of sp³-hybridized carbons (Fsp3) is 0.551. The van der Waals surface area contributed by atoms with E-state index in [2.05, 4.69) is 179 Å². The second-order valence-electron chi connectivity index (χ2n) is 18.8. The summed E-state index contributed by atoms with van der Waals surface area (Å²) in [6, 6.07) is 0. The monoisotopic (exact) mass is 1030 g/mol. The molecule has 1 unspecified atom stereocenters. The summed E-state index contributed by atoms with van der Waals surface area (Å²) in [6.45, 7) is 6.19. The highest BCUT2D eigenvalue weighted by Gasteiger charge is 2.19. The summed E-state index contributed by atoms with van der Waals surface area (Å²) < 4.78 is 16.8. The van der Waals surface area contributed by atoms with Gasteiger partial charge in [0.05, 0.1) is 0 Å². The van der Waals surface area contributed by atoms with E-state index in [-0.39, 0.29) is 44.0 Å². The van der Waals surface area contributed by atoms with Gasteiger partial charge in [0, 0.05) is 19.3 Å². The zero-order valence-corrected chi connectivity index (χ0v) is 47.7. The molecule has 0 aromatic rings. The van der Waals surface area contributed by atoms with Crippen LogP contribution in [0, 0.1) is 0 Å². The van der Waals surface area contributed by atoms with Crippen molar-refractivity contribution in [1.29, 1.82) is 0 Å². The molecule has 0 aromatic heterocycles. The highest BCUT2D eigenvalue weighted by Crippen LogP contribution is 2.13. The minimum Gasteiger partial charge on any atom is -0.462 e. The Bertz CT molecular complexity index is 1750. The normalized spacial score (nSPS) is 13.4. The third-order valence-corrected chi connectivity index (χ3v) is 11.7. The van der Waals surface area contributed by atoms with Crippen molar-refractivity contribution in [3.8, 4) is 0 Å². The summed E-state index contributed by atoms with van der Waals surface area (Å²) in [5.74, 6) is -1.04. The second kappa shape index (κ2) is 61.3.